The first-order valence-corrected chi connectivity index (χ1v) is 4.47. The molecule has 0 saturated carbocycles. The zero-order chi connectivity index (χ0) is 9.40. The van der Waals surface area contributed by atoms with Crippen molar-refractivity contribution < 1.29 is 9.90 Å². The van der Waals surface area contributed by atoms with E-state index in [0.717, 1.165) is 19.3 Å². The van der Waals surface area contributed by atoms with Gasteiger partial charge in [0.1, 0.15) is 5.78 Å². The third kappa shape index (κ3) is 7.48. The minimum Gasteiger partial charge on any atom is -0.393 e. The fourth-order valence-electron chi connectivity index (χ4n) is 0.983. The standard InChI is InChI=1S/C10H18O2/c1-3-4-7-10(12)8-5-6-9(2)11/h3,9,11H,1,4-8H2,2H3/t9-/m0/s1. The van der Waals surface area contributed by atoms with Gasteiger partial charge in [-0.1, -0.05) is 6.08 Å². The Kier molecular flexibility index (Phi) is 6.67. The zero-order valence-electron chi connectivity index (χ0n) is 7.75. The van der Waals surface area contributed by atoms with Crippen LogP contribution in [0.5, 0.6) is 0 Å². The molecule has 0 aliphatic rings. The quantitative estimate of drug-likeness (QED) is 0.594. The molecule has 0 aliphatic carbocycles. The van der Waals surface area contributed by atoms with Crippen molar-refractivity contribution in [1.29, 1.82) is 0 Å². The van der Waals surface area contributed by atoms with Crippen LogP contribution >= 0.6 is 0 Å². The van der Waals surface area contributed by atoms with Crippen LogP contribution in [0.4, 0.5) is 0 Å². The first-order valence-electron chi connectivity index (χ1n) is 4.47. The number of allylic oxidation sites excluding steroid dienone is 1. The molecule has 0 saturated heterocycles. The molecule has 2 nitrogen and oxygen atoms in total. The second-order valence-electron chi connectivity index (χ2n) is 3.11. The summed E-state index contributed by atoms with van der Waals surface area (Å²) in [6, 6.07) is 0. The largest absolute Gasteiger partial charge is 0.393 e. The Morgan fingerprint density at radius 1 is 1.58 bits per heavy atom. The van der Waals surface area contributed by atoms with Gasteiger partial charge in [0.2, 0.25) is 0 Å². The number of aliphatic hydroxyl groups excluding tert-OH is 1. The number of hydrogen-bond acceptors (Lipinski definition) is 2. The highest BCUT2D eigenvalue weighted by molar-refractivity contribution is 5.78. The molecule has 0 aromatic rings. The van der Waals surface area contributed by atoms with Crippen LogP contribution in [0.25, 0.3) is 0 Å². The highest BCUT2D eigenvalue weighted by Crippen LogP contribution is 2.04. The van der Waals surface area contributed by atoms with Gasteiger partial charge < -0.3 is 5.11 Å². The summed E-state index contributed by atoms with van der Waals surface area (Å²) in [5.41, 5.74) is 0. The first-order chi connectivity index (χ1) is 5.66. The van der Waals surface area contributed by atoms with Gasteiger partial charge in [-0.3, -0.25) is 4.79 Å². The average molecular weight is 170 g/mol. The van der Waals surface area contributed by atoms with Crippen molar-refractivity contribution in [3.8, 4) is 0 Å². The second kappa shape index (κ2) is 7.04. The van der Waals surface area contributed by atoms with Crippen LogP contribution < -0.4 is 0 Å². The molecule has 1 N–H and O–H groups in total. The van der Waals surface area contributed by atoms with Gasteiger partial charge in [0.15, 0.2) is 0 Å². The van der Waals surface area contributed by atoms with Gasteiger partial charge in [-0.25, -0.2) is 0 Å². The van der Waals surface area contributed by atoms with E-state index < -0.39 is 0 Å². The number of rotatable bonds is 7. The SMILES string of the molecule is C=CCCC(=O)CCC[C@H](C)O. The zero-order valence-corrected chi connectivity index (χ0v) is 7.75. The van der Waals surface area contributed by atoms with Crippen molar-refractivity contribution >= 4 is 5.78 Å². The van der Waals surface area contributed by atoms with Crippen molar-refractivity contribution in [1.82, 2.24) is 0 Å². The molecule has 0 amide bonds. The molecule has 70 valence electrons. The molecule has 0 aromatic carbocycles. The molecule has 0 bridgehead atoms. The fraction of sp³-hybridized carbons (Fsp3) is 0.700. The van der Waals surface area contributed by atoms with E-state index in [1.807, 2.05) is 0 Å². The molecule has 0 heterocycles. The van der Waals surface area contributed by atoms with Crippen molar-refractivity contribution in [3.63, 3.8) is 0 Å². The highest BCUT2D eigenvalue weighted by atomic mass is 16.3. The molecule has 2 heteroatoms. The molecule has 0 fully saturated rings. The predicted octanol–water partition coefficient (Wildman–Crippen LogP) is 2.07. The van der Waals surface area contributed by atoms with E-state index in [0.29, 0.717) is 12.8 Å². The molecular formula is C10H18O2. The smallest absolute Gasteiger partial charge is 0.133 e. The van der Waals surface area contributed by atoms with Gasteiger partial charge in [0, 0.05) is 12.8 Å². The van der Waals surface area contributed by atoms with Crippen molar-refractivity contribution in [2.45, 2.75) is 45.1 Å². The van der Waals surface area contributed by atoms with Gasteiger partial charge in [-0.2, -0.15) is 0 Å². The molecular weight excluding hydrogens is 152 g/mol. The van der Waals surface area contributed by atoms with E-state index in [2.05, 4.69) is 6.58 Å². The van der Waals surface area contributed by atoms with Gasteiger partial charge in [-0.05, 0) is 26.2 Å². The minimum atomic E-state index is -0.280. The maximum Gasteiger partial charge on any atom is 0.133 e. The molecule has 1 atom stereocenters. The van der Waals surface area contributed by atoms with E-state index in [1.54, 1.807) is 13.0 Å². The Hall–Kier alpha value is -0.630. The number of ketones is 1. The third-order valence-electron chi connectivity index (χ3n) is 1.70. The summed E-state index contributed by atoms with van der Waals surface area (Å²) in [5, 5.41) is 8.91. The molecule has 0 unspecified atom stereocenters. The number of Topliss-reactive ketones (excluding diaryl/α,β-unsaturated/α-hetero) is 1. The maximum absolute atomic E-state index is 11.1. The van der Waals surface area contributed by atoms with Crippen LogP contribution in [0.15, 0.2) is 12.7 Å². The molecule has 12 heavy (non-hydrogen) atoms. The van der Waals surface area contributed by atoms with E-state index in [9.17, 15) is 4.79 Å². The van der Waals surface area contributed by atoms with Crippen molar-refractivity contribution in [3.05, 3.63) is 12.7 Å². The minimum absolute atomic E-state index is 0.274. The van der Waals surface area contributed by atoms with Crippen LogP contribution in [0, 0.1) is 0 Å². The second-order valence-corrected chi connectivity index (χ2v) is 3.11. The van der Waals surface area contributed by atoms with Gasteiger partial charge in [-0.15, -0.1) is 6.58 Å². The predicted molar refractivity (Wildman–Crippen MR) is 50.0 cm³/mol. The lowest BCUT2D eigenvalue weighted by atomic mass is 10.1. The summed E-state index contributed by atoms with van der Waals surface area (Å²) in [6.07, 6.45) is 4.97. The lowest BCUT2D eigenvalue weighted by Gasteiger charge is -2.02. The summed E-state index contributed by atoms with van der Waals surface area (Å²) in [4.78, 5) is 11.1. The Balaban J connectivity index is 3.25. The van der Waals surface area contributed by atoms with Crippen molar-refractivity contribution in [2.24, 2.45) is 0 Å². The highest BCUT2D eigenvalue weighted by Gasteiger charge is 2.01. The van der Waals surface area contributed by atoms with Crippen LogP contribution in [0.1, 0.15) is 39.0 Å². The Morgan fingerprint density at radius 2 is 2.25 bits per heavy atom. The maximum atomic E-state index is 11.1. The Labute approximate surface area is 74.3 Å². The Morgan fingerprint density at radius 3 is 2.75 bits per heavy atom. The van der Waals surface area contributed by atoms with Crippen LogP contribution in [0.3, 0.4) is 0 Å². The van der Waals surface area contributed by atoms with Crippen molar-refractivity contribution in [2.75, 3.05) is 0 Å². The normalized spacial score (nSPS) is 12.5. The average Bonchev–Trinajstić information content (AvgIpc) is 2.00. The monoisotopic (exact) mass is 170 g/mol. The van der Waals surface area contributed by atoms with Gasteiger partial charge >= 0.3 is 0 Å². The van der Waals surface area contributed by atoms with E-state index in [1.165, 1.54) is 0 Å². The fourth-order valence-corrected chi connectivity index (χ4v) is 0.983. The summed E-state index contributed by atoms with van der Waals surface area (Å²) in [6.45, 7) is 5.29. The van der Waals surface area contributed by atoms with Crippen LogP contribution in [-0.4, -0.2) is 17.0 Å². The number of aliphatic hydroxyl groups is 1. The molecule has 0 rings (SSSR count). The first kappa shape index (κ1) is 11.4. The summed E-state index contributed by atoms with van der Waals surface area (Å²) < 4.78 is 0. The molecule has 0 spiro atoms. The summed E-state index contributed by atoms with van der Waals surface area (Å²) >= 11 is 0. The molecule has 0 aromatic heterocycles. The summed E-state index contributed by atoms with van der Waals surface area (Å²) in [7, 11) is 0. The Bertz CT molecular complexity index is 139. The third-order valence-corrected chi connectivity index (χ3v) is 1.70. The molecule has 0 aliphatic heterocycles. The summed E-state index contributed by atoms with van der Waals surface area (Å²) in [5.74, 6) is 0.274. The lowest BCUT2D eigenvalue weighted by molar-refractivity contribution is -0.119. The van der Waals surface area contributed by atoms with Crippen LogP contribution in [-0.2, 0) is 4.79 Å². The van der Waals surface area contributed by atoms with E-state index in [-0.39, 0.29) is 11.9 Å². The topological polar surface area (TPSA) is 37.3 Å². The van der Waals surface area contributed by atoms with Crippen LogP contribution in [0.2, 0.25) is 0 Å². The van der Waals surface area contributed by atoms with Gasteiger partial charge in [0.05, 0.1) is 6.10 Å². The van der Waals surface area contributed by atoms with Gasteiger partial charge in [0.25, 0.3) is 0 Å². The van der Waals surface area contributed by atoms with E-state index in [4.69, 9.17) is 5.11 Å². The molecule has 0 radical (unpaired) electrons. The van der Waals surface area contributed by atoms with E-state index >= 15 is 0 Å². The number of carbonyl (C=O) groups is 1. The number of carbonyl (C=O) groups excluding carboxylic acids is 1. The lowest BCUT2D eigenvalue weighted by Crippen LogP contribution is -2.02. The number of hydrogen-bond donors (Lipinski definition) is 1.